The number of carbonyl (C=O) groups excluding carboxylic acids is 2. The molecule has 1 aliphatic heterocycles. The van der Waals surface area contributed by atoms with Crippen LogP contribution in [0.15, 0.2) is 78.7 Å². The fourth-order valence-electron chi connectivity index (χ4n) is 3.23. The van der Waals surface area contributed by atoms with Crippen molar-refractivity contribution in [3.05, 3.63) is 89.8 Å². The molecule has 162 valence electrons. The number of hydrogen-bond donors (Lipinski definition) is 1. The molecule has 0 aromatic heterocycles. The number of nitrogens with one attached hydrogen (secondary N) is 1. The van der Waals surface area contributed by atoms with Crippen molar-refractivity contribution >= 4 is 12.2 Å². The first-order valence-corrected chi connectivity index (χ1v) is 10.3. The summed E-state index contributed by atoms with van der Waals surface area (Å²) in [5.74, 6) is 0. The minimum atomic E-state index is -0.594. The fourth-order valence-corrected chi connectivity index (χ4v) is 3.23. The highest BCUT2D eigenvalue weighted by Gasteiger charge is 2.32. The molecule has 2 aromatic carbocycles. The van der Waals surface area contributed by atoms with Crippen LogP contribution >= 0.6 is 0 Å². The van der Waals surface area contributed by atoms with Crippen molar-refractivity contribution in [2.75, 3.05) is 6.61 Å². The van der Waals surface area contributed by atoms with Gasteiger partial charge in [-0.1, -0.05) is 60.7 Å². The molecule has 1 saturated heterocycles. The lowest BCUT2D eigenvalue weighted by Gasteiger charge is -2.22. The van der Waals surface area contributed by atoms with E-state index in [1.165, 1.54) is 4.90 Å². The molecule has 0 radical (unpaired) electrons. The van der Waals surface area contributed by atoms with Crippen LogP contribution in [0.1, 0.15) is 37.9 Å². The Morgan fingerprint density at radius 2 is 1.84 bits per heavy atom. The van der Waals surface area contributed by atoms with Crippen molar-refractivity contribution in [1.29, 1.82) is 0 Å². The van der Waals surface area contributed by atoms with E-state index in [0.29, 0.717) is 6.42 Å². The van der Waals surface area contributed by atoms with Crippen LogP contribution < -0.4 is 5.32 Å². The standard InChI is InChI=1S/C25H28N2O4/c1-25(2,3)31-23(28)26-21(17-19-11-6-4-7-12-19)15-10-16-27-22(18-30-24(27)29)20-13-8-5-9-14-20/h4-9,11-16,21-22H,17-18H2,1-3H3,(H,26,28)/t10?,21-,22+/m1/s1. The van der Waals surface area contributed by atoms with Gasteiger partial charge in [-0.2, -0.15) is 0 Å². The maximum atomic E-state index is 12.3. The normalized spacial score (nSPS) is 16.7. The van der Waals surface area contributed by atoms with E-state index < -0.39 is 17.8 Å². The minimum absolute atomic E-state index is 0.207. The van der Waals surface area contributed by atoms with Gasteiger partial charge in [0.05, 0.1) is 18.3 Å². The van der Waals surface area contributed by atoms with Gasteiger partial charge in [-0.05, 0) is 44.4 Å². The summed E-state index contributed by atoms with van der Waals surface area (Å²) in [6.45, 7) is 5.73. The zero-order valence-corrected chi connectivity index (χ0v) is 18.1. The molecule has 2 amide bonds. The van der Waals surface area contributed by atoms with Gasteiger partial charge < -0.3 is 14.8 Å². The third kappa shape index (κ3) is 6.76. The van der Waals surface area contributed by atoms with Crippen LogP contribution in [-0.4, -0.2) is 35.3 Å². The Morgan fingerprint density at radius 3 is 2.48 bits per heavy atom. The van der Waals surface area contributed by atoms with Gasteiger partial charge in [-0.3, -0.25) is 4.90 Å². The highest BCUT2D eigenvalue weighted by molar-refractivity contribution is 5.72. The molecule has 1 aliphatic rings. The van der Waals surface area contributed by atoms with Gasteiger partial charge in [0.25, 0.3) is 0 Å². The summed E-state index contributed by atoms with van der Waals surface area (Å²) in [5, 5.41) is 2.87. The molecule has 31 heavy (non-hydrogen) atoms. The van der Waals surface area contributed by atoms with E-state index in [0.717, 1.165) is 11.1 Å². The second-order valence-electron chi connectivity index (χ2n) is 8.32. The van der Waals surface area contributed by atoms with Crippen LogP contribution in [0.4, 0.5) is 9.59 Å². The number of hydrogen-bond acceptors (Lipinski definition) is 4. The lowest BCUT2D eigenvalue weighted by molar-refractivity contribution is 0.0514. The van der Waals surface area contributed by atoms with Crippen molar-refractivity contribution in [2.24, 2.45) is 0 Å². The Labute approximate surface area is 183 Å². The highest BCUT2D eigenvalue weighted by atomic mass is 16.6. The van der Waals surface area contributed by atoms with E-state index in [4.69, 9.17) is 9.47 Å². The molecule has 1 heterocycles. The fraction of sp³-hybridized carbons (Fsp3) is 0.320. The van der Waals surface area contributed by atoms with Gasteiger partial charge in [-0.15, -0.1) is 5.73 Å². The summed E-state index contributed by atoms with van der Waals surface area (Å²) in [7, 11) is 0. The first kappa shape index (κ1) is 22.2. The quantitative estimate of drug-likeness (QED) is 0.669. The number of ether oxygens (including phenoxy) is 2. The molecular weight excluding hydrogens is 392 g/mol. The van der Waals surface area contributed by atoms with E-state index in [2.05, 4.69) is 11.0 Å². The Morgan fingerprint density at radius 1 is 1.19 bits per heavy atom. The van der Waals surface area contributed by atoms with Crippen molar-refractivity contribution < 1.29 is 19.1 Å². The van der Waals surface area contributed by atoms with Crippen molar-refractivity contribution in [3.63, 3.8) is 0 Å². The molecule has 0 saturated carbocycles. The third-order valence-corrected chi connectivity index (χ3v) is 4.61. The Bertz CT molecular complexity index is 944. The number of benzene rings is 2. The molecule has 2 atom stereocenters. The van der Waals surface area contributed by atoms with Crippen molar-refractivity contribution in [2.45, 2.75) is 44.9 Å². The number of amides is 2. The van der Waals surface area contributed by atoms with Crippen molar-refractivity contribution in [3.8, 4) is 0 Å². The Kier molecular flexibility index (Phi) is 7.16. The predicted molar refractivity (Wildman–Crippen MR) is 118 cm³/mol. The average Bonchev–Trinajstić information content (AvgIpc) is 3.08. The number of alkyl carbamates (subject to hydrolysis) is 1. The van der Waals surface area contributed by atoms with Crippen LogP contribution in [-0.2, 0) is 15.9 Å². The van der Waals surface area contributed by atoms with E-state index in [1.54, 1.807) is 12.3 Å². The first-order valence-electron chi connectivity index (χ1n) is 10.3. The number of nitrogens with zero attached hydrogens (tertiary/aromatic N) is 1. The van der Waals surface area contributed by atoms with Crippen LogP contribution in [0.25, 0.3) is 0 Å². The lowest BCUT2D eigenvalue weighted by Crippen LogP contribution is -2.39. The van der Waals surface area contributed by atoms with Gasteiger partial charge in [0.1, 0.15) is 12.2 Å². The topological polar surface area (TPSA) is 67.9 Å². The van der Waals surface area contributed by atoms with E-state index >= 15 is 0 Å². The summed E-state index contributed by atoms with van der Waals surface area (Å²) in [5.41, 5.74) is 4.50. The van der Waals surface area contributed by atoms with Gasteiger partial charge >= 0.3 is 12.2 Å². The second kappa shape index (κ2) is 10.0. The molecule has 2 aromatic rings. The van der Waals surface area contributed by atoms with Gasteiger partial charge in [-0.25, -0.2) is 9.59 Å². The Hall–Kier alpha value is -3.50. The number of carbonyl (C=O) groups is 2. The summed E-state index contributed by atoms with van der Waals surface area (Å²) < 4.78 is 10.6. The lowest BCUT2D eigenvalue weighted by atomic mass is 10.1. The summed E-state index contributed by atoms with van der Waals surface area (Å²) in [6.07, 6.45) is 2.93. The SMILES string of the molecule is CC(C)(C)OC(=O)N[C@H](C=C=CN1C(=O)OC[C@H]1c1ccccc1)Cc1ccccc1. The smallest absolute Gasteiger partial charge is 0.415 e. The summed E-state index contributed by atoms with van der Waals surface area (Å²) in [6, 6.07) is 19.0. The molecule has 6 heteroatoms. The maximum Gasteiger partial charge on any atom is 0.415 e. The molecule has 0 spiro atoms. The van der Waals surface area contributed by atoms with Gasteiger partial charge in [0, 0.05) is 0 Å². The maximum absolute atomic E-state index is 12.3. The summed E-state index contributed by atoms with van der Waals surface area (Å²) in [4.78, 5) is 26.0. The van der Waals surface area contributed by atoms with E-state index in [9.17, 15) is 9.59 Å². The third-order valence-electron chi connectivity index (χ3n) is 4.61. The molecule has 3 rings (SSSR count). The molecule has 0 bridgehead atoms. The van der Waals surface area contributed by atoms with Crippen LogP contribution in [0.2, 0.25) is 0 Å². The number of rotatable bonds is 6. The van der Waals surface area contributed by atoms with Crippen LogP contribution in [0.5, 0.6) is 0 Å². The molecule has 0 aliphatic carbocycles. The van der Waals surface area contributed by atoms with Crippen molar-refractivity contribution in [1.82, 2.24) is 10.2 Å². The van der Waals surface area contributed by atoms with Crippen LogP contribution in [0.3, 0.4) is 0 Å². The molecular formula is C25H28N2O4. The van der Waals surface area contributed by atoms with Crippen LogP contribution in [0, 0.1) is 0 Å². The minimum Gasteiger partial charge on any atom is -0.447 e. The van der Waals surface area contributed by atoms with Gasteiger partial charge in [0.15, 0.2) is 0 Å². The largest absolute Gasteiger partial charge is 0.447 e. The Balaban J connectivity index is 1.77. The average molecular weight is 421 g/mol. The predicted octanol–water partition coefficient (Wildman–Crippen LogP) is 4.98. The highest BCUT2D eigenvalue weighted by Crippen LogP contribution is 2.27. The van der Waals surface area contributed by atoms with E-state index in [-0.39, 0.29) is 18.7 Å². The number of cyclic esters (lactones) is 1. The second-order valence-corrected chi connectivity index (χ2v) is 8.32. The molecule has 6 nitrogen and oxygen atoms in total. The first-order chi connectivity index (χ1) is 14.8. The van der Waals surface area contributed by atoms with Gasteiger partial charge in [0.2, 0.25) is 0 Å². The molecule has 0 unspecified atom stereocenters. The summed E-state index contributed by atoms with van der Waals surface area (Å²) >= 11 is 0. The monoisotopic (exact) mass is 420 g/mol. The zero-order valence-electron chi connectivity index (χ0n) is 18.1. The zero-order chi connectivity index (χ0) is 22.3. The van der Waals surface area contributed by atoms with E-state index in [1.807, 2.05) is 81.4 Å². The molecule has 1 fully saturated rings. The molecule has 1 N–H and O–H groups in total.